The minimum Gasteiger partial charge on any atom is -0.466 e. The average Bonchev–Trinajstić information content (AvgIpc) is 3.37. The average molecular weight is 415 g/mol. The van der Waals surface area contributed by atoms with Crippen LogP contribution in [0.5, 0.6) is 0 Å². The molecule has 4 heteroatoms. The van der Waals surface area contributed by atoms with Crippen molar-refractivity contribution in [3.8, 4) is 0 Å². The van der Waals surface area contributed by atoms with E-state index in [0.29, 0.717) is 37.9 Å². The summed E-state index contributed by atoms with van der Waals surface area (Å²) in [6.07, 6.45) is 21.1. The van der Waals surface area contributed by atoms with Crippen molar-refractivity contribution in [3.63, 3.8) is 0 Å². The summed E-state index contributed by atoms with van der Waals surface area (Å²) in [5, 5.41) is 0. The van der Waals surface area contributed by atoms with Gasteiger partial charge >= 0.3 is 11.9 Å². The molecule has 2 aliphatic rings. The maximum atomic E-state index is 12.1. The lowest BCUT2D eigenvalue weighted by molar-refractivity contribution is -0.147. The Morgan fingerprint density at radius 2 is 0.967 bits per heavy atom. The van der Waals surface area contributed by atoms with Crippen molar-refractivity contribution in [2.75, 3.05) is 13.2 Å². The summed E-state index contributed by atoms with van der Waals surface area (Å²) in [6.45, 7) is 9.32. The summed E-state index contributed by atoms with van der Waals surface area (Å²) in [5.41, 5.74) is -0.243. The van der Waals surface area contributed by atoms with Gasteiger partial charge in [0, 0.05) is 11.8 Å². The van der Waals surface area contributed by atoms with Gasteiger partial charge in [-0.05, 0) is 36.5 Å². The van der Waals surface area contributed by atoms with Crippen LogP contribution < -0.4 is 0 Å². The van der Waals surface area contributed by atoms with Crippen LogP contribution in [0.25, 0.3) is 0 Å². The highest BCUT2D eigenvalue weighted by Gasteiger charge is 2.31. The highest BCUT2D eigenvalue weighted by molar-refractivity contribution is 5.70. The van der Waals surface area contributed by atoms with E-state index in [2.05, 4.69) is 52.0 Å². The Balaban J connectivity index is 1.48. The largest absolute Gasteiger partial charge is 0.466 e. The topological polar surface area (TPSA) is 52.6 Å². The zero-order valence-corrected chi connectivity index (χ0v) is 19.1. The molecule has 0 fully saturated rings. The molecule has 0 saturated carbocycles. The van der Waals surface area contributed by atoms with Crippen molar-refractivity contribution in [1.29, 1.82) is 0 Å². The molecule has 2 aliphatic carbocycles. The van der Waals surface area contributed by atoms with Crippen LogP contribution in [0.15, 0.2) is 48.6 Å². The fourth-order valence-corrected chi connectivity index (χ4v) is 3.92. The second kappa shape index (κ2) is 11.3. The van der Waals surface area contributed by atoms with Crippen LogP contribution in [0.4, 0.5) is 0 Å². The Kier molecular flexibility index (Phi) is 9.13. The summed E-state index contributed by atoms with van der Waals surface area (Å²) < 4.78 is 10.8. The van der Waals surface area contributed by atoms with Crippen LogP contribution in [-0.4, -0.2) is 25.2 Å². The number of ether oxygens (including phenoxy) is 2. The van der Waals surface area contributed by atoms with E-state index < -0.39 is 0 Å². The number of rotatable bonds is 13. The number of unbranched alkanes of at least 4 members (excludes halogenated alkanes) is 3. The van der Waals surface area contributed by atoms with Gasteiger partial charge in [-0.1, -0.05) is 76.3 Å². The second-order valence-corrected chi connectivity index (χ2v) is 9.78. The molecular formula is C26H38O4. The predicted molar refractivity (Wildman–Crippen MR) is 121 cm³/mol. The molecule has 0 radical (unpaired) electrons. The molecule has 0 aromatic carbocycles. The molecule has 0 atom stereocenters. The lowest BCUT2D eigenvalue weighted by Crippen LogP contribution is -2.25. The van der Waals surface area contributed by atoms with Crippen LogP contribution >= 0.6 is 0 Å². The van der Waals surface area contributed by atoms with Crippen molar-refractivity contribution < 1.29 is 19.1 Å². The highest BCUT2D eigenvalue weighted by Crippen LogP contribution is 2.36. The highest BCUT2D eigenvalue weighted by atomic mass is 16.5. The van der Waals surface area contributed by atoms with Crippen molar-refractivity contribution in [1.82, 2.24) is 0 Å². The van der Waals surface area contributed by atoms with Crippen molar-refractivity contribution in [3.05, 3.63) is 48.6 Å². The normalized spacial score (nSPS) is 16.5. The number of hydrogen-bond acceptors (Lipinski definition) is 4. The molecule has 0 aromatic rings. The monoisotopic (exact) mass is 414 g/mol. The van der Waals surface area contributed by atoms with Gasteiger partial charge in [0.1, 0.15) is 0 Å². The summed E-state index contributed by atoms with van der Waals surface area (Å²) in [5.74, 6) is 0.336. The maximum Gasteiger partial charge on any atom is 0.306 e. The van der Waals surface area contributed by atoms with Gasteiger partial charge in [0.05, 0.1) is 26.1 Å². The molecule has 0 unspecified atom stereocenters. The minimum absolute atomic E-state index is 0.122. The SMILES string of the molecule is CC(C)(CC(=O)OCCCCCCOC(=O)CC(C)(C)C1C=CC=C1)C1C=CC=C1. The Bertz CT molecular complexity index is 610. The fraction of sp³-hybridized carbons (Fsp3) is 0.615. The van der Waals surface area contributed by atoms with Crippen LogP contribution in [0.1, 0.15) is 66.2 Å². The van der Waals surface area contributed by atoms with Gasteiger partial charge in [-0.15, -0.1) is 0 Å². The van der Waals surface area contributed by atoms with Gasteiger partial charge in [0.15, 0.2) is 0 Å². The van der Waals surface area contributed by atoms with Gasteiger partial charge in [-0.2, -0.15) is 0 Å². The van der Waals surface area contributed by atoms with Gasteiger partial charge in [0.25, 0.3) is 0 Å². The Morgan fingerprint density at radius 3 is 1.30 bits per heavy atom. The van der Waals surface area contributed by atoms with E-state index in [4.69, 9.17) is 9.47 Å². The van der Waals surface area contributed by atoms with Gasteiger partial charge in [-0.25, -0.2) is 0 Å². The first-order valence-electron chi connectivity index (χ1n) is 11.2. The van der Waals surface area contributed by atoms with E-state index in [-0.39, 0.29) is 22.8 Å². The van der Waals surface area contributed by atoms with E-state index in [1.54, 1.807) is 0 Å². The number of carbonyl (C=O) groups is 2. The van der Waals surface area contributed by atoms with E-state index in [1.165, 1.54) is 0 Å². The van der Waals surface area contributed by atoms with Crippen LogP contribution in [0.2, 0.25) is 0 Å². The minimum atomic E-state index is -0.128. The summed E-state index contributed by atoms with van der Waals surface area (Å²) in [7, 11) is 0. The van der Waals surface area contributed by atoms with Crippen LogP contribution in [0, 0.1) is 22.7 Å². The summed E-state index contributed by atoms with van der Waals surface area (Å²) in [6, 6.07) is 0. The van der Waals surface area contributed by atoms with E-state index in [9.17, 15) is 9.59 Å². The number of esters is 2. The van der Waals surface area contributed by atoms with E-state index >= 15 is 0 Å². The van der Waals surface area contributed by atoms with Crippen molar-refractivity contribution in [2.24, 2.45) is 22.7 Å². The molecule has 0 saturated heterocycles. The van der Waals surface area contributed by atoms with Crippen molar-refractivity contribution >= 4 is 11.9 Å². The molecule has 4 nitrogen and oxygen atoms in total. The third kappa shape index (κ3) is 7.97. The van der Waals surface area contributed by atoms with Crippen LogP contribution in [-0.2, 0) is 19.1 Å². The molecule has 166 valence electrons. The van der Waals surface area contributed by atoms with Crippen LogP contribution in [0.3, 0.4) is 0 Å². The lowest BCUT2D eigenvalue weighted by atomic mass is 9.77. The molecule has 0 amide bonds. The van der Waals surface area contributed by atoms with E-state index in [0.717, 1.165) is 25.7 Å². The molecule has 0 aromatic heterocycles. The van der Waals surface area contributed by atoms with Gasteiger partial charge in [-0.3, -0.25) is 9.59 Å². The molecule has 0 bridgehead atoms. The Morgan fingerprint density at radius 1 is 0.633 bits per heavy atom. The predicted octanol–water partition coefficient (Wildman–Crippen LogP) is 5.95. The van der Waals surface area contributed by atoms with E-state index in [1.807, 2.05) is 24.3 Å². The molecule has 0 spiro atoms. The first-order chi connectivity index (χ1) is 14.2. The number of allylic oxidation sites excluding steroid dienone is 8. The summed E-state index contributed by atoms with van der Waals surface area (Å²) in [4.78, 5) is 24.2. The third-order valence-electron chi connectivity index (χ3n) is 6.07. The quantitative estimate of drug-likeness (QED) is 0.276. The Labute approximate surface area is 182 Å². The lowest BCUT2D eigenvalue weighted by Gasteiger charge is -2.28. The third-order valence-corrected chi connectivity index (χ3v) is 6.07. The van der Waals surface area contributed by atoms with Gasteiger partial charge in [0.2, 0.25) is 0 Å². The first kappa shape index (κ1) is 24.2. The molecule has 2 rings (SSSR count). The van der Waals surface area contributed by atoms with Crippen molar-refractivity contribution in [2.45, 2.75) is 66.2 Å². The molecule has 30 heavy (non-hydrogen) atoms. The molecule has 0 N–H and O–H groups in total. The zero-order valence-electron chi connectivity index (χ0n) is 19.1. The summed E-state index contributed by atoms with van der Waals surface area (Å²) >= 11 is 0. The Hall–Kier alpha value is -2.10. The molecule has 0 heterocycles. The molecule has 0 aliphatic heterocycles. The number of carbonyl (C=O) groups excluding carboxylic acids is 2. The standard InChI is InChI=1S/C26H38O4/c1-25(2,21-13-7-8-14-21)19-23(27)29-17-11-5-6-12-18-30-24(28)20-26(3,4)22-15-9-10-16-22/h7-10,13-16,21-22H,5-6,11-12,17-20H2,1-4H3. The molecular weight excluding hydrogens is 376 g/mol. The zero-order chi connectivity index (χ0) is 22.0. The second-order valence-electron chi connectivity index (χ2n) is 9.78. The van der Waals surface area contributed by atoms with Gasteiger partial charge < -0.3 is 9.47 Å². The maximum absolute atomic E-state index is 12.1. The number of hydrogen-bond donors (Lipinski definition) is 0. The first-order valence-corrected chi connectivity index (χ1v) is 11.2. The fourth-order valence-electron chi connectivity index (χ4n) is 3.92. The smallest absolute Gasteiger partial charge is 0.306 e.